The number of aryl methyl sites for hydroxylation is 1. The molecule has 1 aromatic heterocycles. The lowest BCUT2D eigenvalue weighted by molar-refractivity contribution is 0.354. The molecule has 8 nitrogen and oxygen atoms in total. The first kappa shape index (κ1) is 22.0. The van der Waals surface area contributed by atoms with Gasteiger partial charge in [-0.2, -0.15) is 4.98 Å². The van der Waals surface area contributed by atoms with Gasteiger partial charge in [0.1, 0.15) is 0 Å². The Morgan fingerprint density at radius 1 is 1.19 bits per heavy atom. The van der Waals surface area contributed by atoms with Crippen molar-refractivity contribution in [3.05, 3.63) is 35.5 Å². The Balaban J connectivity index is 0.00000338. The molecule has 0 unspecified atom stereocenters. The summed E-state index contributed by atoms with van der Waals surface area (Å²) in [5.41, 5.74) is 1.03. The maximum Gasteiger partial charge on any atom is 0.228 e. The summed E-state index contributed by atoms with van der Waals surface area (Å²) >= 11 is 0. The fourth-order valence-corrected chi connectivity index (χ4v) is 2.22. The number of ether oxygens (including phenoxy) is 2. The van der Waals surface area contributed by atoms with Crippen LogP contribution in [-0.4, -0.2) is 43.4 Å². The maximum absolute atomic E-state index is 5.32. The normalized spacial score (nSPS) is 10.8. The number of hydrogen-bond donors (Lipinski definition) is 2. The summed E-state index contributed by atoms with van der Waals surface area (Å²) in [4.78, 5) is 8.76. The van der Waals surface area contributed by atoms with Gasteiger partial charge in [0, 0.05) is 19.5 Å². The Hall–Kier alpha value is -2.04. The largest absolute Gasteiger partial charge is 0.493 e. The summed E-state index contributed by atoms with van der Waals surface area (Å²) in [7, 11) is 3.24. The average Bonchev–Trinajstić information content (AvgIpc) is 3.04. The molecule has 26 heavy (non-hydrogen) atoms. The molecule has 0 aliphatic rings. The van der Waals surface area contributed by atoms with E-state index in [2.05, 4.69) is 25.8 Å². The smallest absolute Gasteiger partial charge is 0.228 e. The van der Waals surface area contributed by atoms with Gasteiger partial charge in [-0.1, -0.05) is 11.2 Å². The number of nitrogens with zero attached hydrogens (tertiary/aromatic N) is 3. The topological polar surface area (TPSA) is 93.8 Å². The van der Waals surface area contributed by atoms with Crippen LogP contribution in [0.25, 0.3) is 0 Å². The standard InChI is InChI=1S/C17H25N5O3.HI/c1-5-18-17(19-9-8-16-21-12(2)22-25-16)20-11-13-6-7-14(23-3)15(10-13)24-4;/h6-7,10H,5,8-9,11H2,1-4H3,(H2,18,19,20);1H. The van der Waals surface area contributed by atoms with E-state index in [0.29, 0.717) is 42.7 Å². The van der Waals surface area contributed by atoms with Gasteiger partial charge in [-0.25, -0.2) is 4.99 Å². The maximum atomic E-state index is 5.32. The SMILES string of the molecule is CCNC(=NCc1ccc(OC)c(OC)c1)NCCc1nc(C)no1.I. The zero-order chi connectivity index (χ0) is 18.1. The monoisotopic (exact) mass is 475 g/mol. The fourth-order valence-electron chi connectivity index (χ4n) is 2.22. The van der Waals surface area contributed by atoms with E-state index < -0.39 is 0 Å². The molecule has 144 valence electrons. The van der Waals surface area contributed by atoms with E-state index in [9.17, 15) is 0 Å². The number of methoxy groups -OCH3 is 2. The number of nitrogens with one attached hydrogen (secondary N) is 2. The first-order valence-electron chi connectivity index (χ1n) is 8.18. The predicted octanol–water partition coefficient (Wildman–Crippen LogP) is 2.31. The van der Waals surface area contributed by atoms with Gasteiger partial charge in [0.05, 0.1) is 20.8 Å². The third-order valence-electron chi connectivity index (χ3n) is 3.41. The lowest BCUT2D eigenvalue weighted by atomic mass is 10.2. The van der Waals surface area contributed by atoms with E-state index in [-0.39, 0.29) is 24.0 Å². The lowest BCUT2D eigenvalue weighted by Crippen LogP contribution is -2.38. The molecular formula is C17H26IN5O3. The second-order valence-electron chi connectivity index (χ2n) is 5.30. The number of guanidine groups is 1. The third-order valence-corrected chi connectivity index (χ3v) is 3.41. The molecule has 2 rings (SSSR count). The van der Waals surface area contributed by atoms with Gasteiger partial charge in [-0.3, -0.25) is 0 Å². The van der Waals surface area contributed by atoms with E-state index in [4.69, 9.17) is 14.0 Å². The van der Waals surface area contributed by atoms with E-state index in [1.165, 1.54) is 0 Å². The molecular weight excluding hydrogens is 449 g/mol. The van der Waals surface area contributed by atoms with Crippen molar-refractivity contribution in [1.82, 2.24) is 20.8 Å². The van der Waals surface area contributed by atoms with Crippen molar-refractivity contribution in [2.45, 2.75) is 26.8 Å². The Bertz CT molecular complexity index is 705. The quantitative estimate of drug-likeness (QED) is 0.344. The third kappa shape index (κ3) is 6.70. The molecule has 0 radical (unpaired) electrons. The van der Waals surface area contributed by atoms with Gasteiger partial charge in [0.2, 0.25) is 5.89 Å². The van der Waals surface area contributed by atoms with Crippen molar-refractivity contribution in [3.63, 3.8) is 0 Å². The van der Waals surface area contributed by atoms with Crippen LogP contribution < -0.4 is 20.1 Å². The number of halogens is 1. The number of rotatable bonds is 8. The van der Waals surface area contributed by atoms with Crippen molar-refractivity contribution in [2.24, 2.45) is 4.99 Å². The van der Waals surface area contributed by atoms with Crippen LogP contribution in [0.3, 0.4) is 0 Å². The van der Waals surface area contributed by atoms with Gasteiger partial charge in [0.15, 0.2) is 23.3 Å². The molecule has 0 bridgehead atoms. The highest BCUT2D eigenvalue weighted by Crippen LogP contribution is 2.27. The molecule has 9 heteroatoms. The van der Waals surface area contributed by atoms with Gasteiger partial charge < -0.3 is 24.6 Å². The summed E-state index contributed by atoms with van der Waals surface area (Å²) in [6.07, 6.45) is 0.640. The van der Waals surface area contributed by atoms with Crippen molar-refractivity contribution in [1.29, 1.82) is 0 Å². The van der Waals surface area contributed by atoms with Crippen molar-refractivity contribution in [2.75, 3.05) is 27.3 Å². The number of benzene rings is 1. The molecule has 0 amide bonds. The molecule has 0 fully saturated rings. The molecule has 0 spiro atoms. The highest BCUT2D eigenvalue weighted by atomic mass is 127. The van der Waals surface area contributed by atoms with Crippen LogP contribution in [0.2, 0.25) is 0 Å². The number of aliphatic imine (C=N–C) groups is 1. The van der Waals surface area contributed by atoms with Gasteiger partial charge in [-0.15, -0.1) is 24.0 Å². The van der Waals surface area contributed by atoms with Gasteiger partial charge in [0.25, 0.3) is 0 Å². The molecule has 0 atom stereocenters. The molecule has 2 aromatic rings. The van der Waals surface area contributed by atoms with E-state index in [1.807, 2.05) is 25.1 Å². The Kier molecular flexibility index (Phi) is 9.78. The Labute approximate surface area is 170 Å². The Morgan fingerprint density at radius 3 is 2.58 bits per heavy atom. The molecule has 1 aromatic carbocycles. The van der Waals surface area contributed by atoms with Crippen LogP contribution in [0.1, 0.15) is 24.2 Å². The van der Waals surface area contributed by atoms with Crippen LogP contribution in [0, 0.1) is 6.92 Å². The first-order valence-corrected chi connectivity index (χ1v) is 8.18. The van der Waals surface area contributed by atoms with Crippen molar-refractivity contribution >= 4 is 29.9 Å². The second kappa shape index (κ2) is 11.6. The fraction of sp³-hybridized carbons (Fsp3) is 0.471. The van der Waals surface area contributed by atoms with E-state index in [1.54, 1.807) is 21.1 Å². The van der Waals surface area contributed by atoms with Gasteiger partial charge >= 0.3 is 0 Å². The van der Waals surface area contributed by atoms with Gasteiger partial charge in [-0.05, 0) is 31.5 Å². The Morgan fingerprint density at radius 2 is 1.96 bits per heavy atom. The average molecular weight is 475 g/mol. The van der Waals surface area contributed by atoms with Crippen LogP contribution in [0.15, 0.2) is 27.7 Å². The van der Waals surface area contributed by atoms with Crippen molar-refractivity contribution < 1.29 is 14.0 Å². The highest BCUT2D eigenvalue weighted by molar-refractivity contribution is 14.0. The first-order chi connectivity index (χ1) is 12.2. The summed E-state index contributed by atoms with van der Waals surface area (Å²) in [6, 6.07) is 5.77. The minimum absolute atomic E-state index is 0. The molecule has 0 aliphatic carbocycles. The summed E-state index contributed by atoms with van der Waals surface area (Å²) < 4.78 is 15.7. The molecule has 0 aliphatic heterocycles. The zero-order valence-electron chi connectivity index (χ0n) is 15.5. The molecule has 2 N–H and O–H groups in total. The molecule has 0 saturated heterocycles. The number of aromatic nitrogens is 2. The molecule has 1 heterocycles. The van der Waals surface area contributed by atoms with Crippen LogP contribution in [-0.2, 0) is 13.0 Å². The minimum atomic E-state index is 0. The summed E-state index contributed by atoms with van der Waals surface area (Å²) in [6.45, 7) is 5.77. The zero-order valence-corrected chi connectivity index (χ0v) is 17.9. The lowest BCUT2D eigenvalue weighted by Gasteiger charge is -2.11. The summed E-state index contributed by atoms with van der Waals surface area (Å²) in [5.74, 6) is 3.38. The van der Waals surface area contributed by atoms with Crippen LogP contribution >= 0.6 is 24.0 Å². The van der Waals surface area contributed by atoms with E-state index >= 15 is 0 Å². The van der Waals surface area contributed by atoms with E-state index in [0.717, 1.165) is 18.1 Å². The van der Waals surface area contributed by atoms with Crippen molar-refractivity contribution in [3.8, 4) is 11.5 Å². The summed E-state index contributed by atoms with van der Waals surface area (Å²) in [5, 5.41) is 10.2. The second-order valence-corrected chi connectivity index (χ2v) is 5.30. The molecule has 0 saturated carbocycles. The minimum Gasteiger partial charge on any atom is -0.493 e. The van der Waals surface area contributed by atoms with Crippen LogP contribution in [0.4, 0.5) is 0 Å². The number of hydrogen-bond acceptors (Lipinski definition) is 6. The highest BCUT2D eigenvalue weighted by Gasteiger charge is 2.06. The predicted molar refractivity (Wildman–Crippen MR) is 111 cm³/mol. The van der Waals surface area contributed by atoms with Crippen LogP contribution in [0.5, 0.6) is 11.5 Å².